The van der Waals surface area contributed by atoms with Crippen LogP contribution in [0.4, 0.5) is 0 Å². The van der Waals surface area contributed by atoms with Crippen molar-refractivity contribution in [1.82, 2.24) is 19.9 Å². The molecule has 132 valence electrons. The molecule has 0 N–H and O–H groups in total. The van der Waals surface area contributed by atoms with Crippen LogP contribution in [0.5, 0.6) is 11.5 Å². The van der Waals surface area contributed by atoms with E-state index in [0.717, 1.165) is 13.1 Å². The predicted octanol–water partition coefficient (Wildman–Crippen LogP) is 0.862. The molecule has 8 heteroatoms. The van der Waals surface area contributed by atoms with Crippen molar-refractivity contribution in [2.75, 3.05) is 32.8 Å². The van der Waals surface area contributed by atoms with Gasteiger partial charge in [0.15, 0.2) is 17.3 Å². The fraction of sp³-hybridized carbons (Fsp3) is 0.471. The van der Waals surface area contributed by atoms with Crippen molar-refractivity contribution in [1.29, 1.82) is 0 Å². The fourth-order valence-corrected chi connectivity index (χ4v) is 3.07. The molecule has 1 fully saturated rings. The van der Waals surface area contributed by atoms with Gasteiger partial charge in [-0.15, -0.1) is 0 Å². The van der Waals surface area contributed by atoms with E-state index in [0.29, 0.717) is 42.8 Å². The summed E-state index contributed by atoms with van der Waals surface area (Å²) in [6, 6.07) is 7.41. The van der Waals surface area contributed by atoms with Gasteiger partial charge in [-0.1, -0.05) is 17.3 Å². The highest BCUT2D eigenvalue weighted by Crippen LogP contribution is 2.31. The second kappa shape index (κ2) is 6.72. The van der Waals surface area contributed by atoms with E-state index in [1.165, 1.54) is 0 Å². The van der Waals surface area contributed by atoms with Crippen LogP contribution in [0.2, 0.25) is 0 Å². The smallest absolute Gasteiger partial charge is 0.267 e. The number of amides is 1. The molecule has 2 aliphatic rings. The van der Waals surface area contributed by atoms with Gasteiger partial charge in [0, 0.05) is 26.2 Å². The molecule has 1 saturated heterocycles. The molecule has 2 aromatic rings. The number of benzene rings is 1. The number of rotatable bonds is 3. The van der Waals surface area contributed by atoms with Gasteiger partial charge in [-0.05, 0) is 19.1 Å². The number of para-hydroxylation sites is 2. The quantitative estimate of drug-likeness (QED) is 0.817. The summed E-state index contributed by atoms with van der Waals surface area (Å²) in [4.78, 5) is 20.9. The molecule has 0 aliphatic carbocycles. The molecule has 1 aromatic carbocycles. The van der Waals surface area contributed by atoms with Crippen molar-refractivity contribution in [3.8, 4) is 11.5 Å². The Hall–Kier alpha value is -2.61. The molecule has 8 nitrogen and oxygen atoms in total. The van der Waals surface area contributed by atoms with E-state index in [1.54, 1.807) is 6.92 Å². The standard InChI is InChI=1S/C17H20N4O4/c1-12-18-16(25-19-12)10-20-6-8-21(9-7-20)17(22)15-11-23-13-4-2-3-5-14(13)24-15/h2-5,15H,6-11H2,1H3/t15-/m0/s1. The maximum Gasteiger partial charge on any atom is 0.267 e. The number of hydrogen-bond acceptors (Lipinski definition) is 7. The molecule has 0 saturated carbocycles. The van der Waals surface area contributed by atoms with Gasteiger partial charge in [-0.2, -0.15) is 4.98 Å². The Balaban J connectivity index is 1.31. The number of carbonyl (C=O) groups is 1. The number of hydrogen-bond donors (Lipinski definition) is 0. The zero-order valence-electron chi connectivity index (χ0n) is 14.1. The highest BCUT2D eigenvalue weighted by Gasteiger charge is 2.32. The van der Waals surface area contributed by atoms with Crippen LogP contribution in [0.1, 0.15) is 11.7 Å². The first kappa shape index (κ1) is 15.9. The first-order chi connectivity index (χ1) is 12.2. The van der Waals surface area contributed by atoms with Crippen molar-refractivity contribution < 1.29 is 18.8 Å². The summed E-state index contributed by atoms with van der Waals surface area (Å²) >= 11 is 0. The minimum Gasteiger partial charge on any atom is -0.485 e. The molecular weight excluding hydrogens is 324 g/mol. The van der Waals surface area contributed by atoms with E-state index < -0.39 is 6.10 Å². The number of ether oxygens (including phenoxy) is 2. The zero-order chi connectivity index (χ0) is 17.2. The number of aryl methyl sites for hydroxylation is 1. The Morgan fingerprint density at radius 3 is 2.68 bits per heavy atom. The maximum atomic E-state index is 12.7. The SMILES string of the molecule is Cc1noc(CN2CCN(C(=O)[C@@H]3COc4ccccc4O3)CC2)n1. The Kier molecular flexibility index (Phi) is 4.27. The number of nitrogens with zero attached hydrogens (tertiary/aromatic N) is 4. The van der Waals surface area contributed by atoms with Crippen LogP contribution in [-0.4, -0.2) is 64.7 Å². The van der Waals surface area contributed by atoms with Crippen LogP contribution in [0.3, 0.4) is 0 Å². The average molecular weight is 344 g/mol. The topological polar surface area (TPSA) is 80.9 Å². The Morgan fingerprint density at radius 1 is 1.20 bits per heavy atom. The van der Waals surface area contributed by atoms with E-state index in [2.05, 4.69) is 15.0 Å². The van der Waals surface area contributed by atoms with Gasteiger partial charge in [-0.25, -0.2) is 0 Å². The van der Waals surface area contributed by atoms with Gasteiger partial charge in [0.2, 0.25) is 12.0 Å². The van der Waals surface area contributed by atoms with Crippen LogP contribution in [-0.2, 0) is 11.3 Å². The molecule has 25 heavy (non-hydrogen) atoms. The van der Waals surface area contributed by atoms with Crippen LogP contribution in [0, 0.1) is 6.92 Å². The first-order valence-electron chi connectivity index (χ1n) is 8.38. The maximum absolute atomic E-state index is 12.7. The van der Waals surface area contributed by atoms with Crippen LogP contribution >= 0.6 is 0 Å². The number of carbonyl (C=O) groups excluding carboxylic acids is 1. The summed E-state index contributed by atoms with van der Waals surface area (Å²) in [6.07, 6.45) is -0.583. The molecule has 1 amide bonds. The zero-order valence-corrected chi connectivity index (χ0v) is 14.1. The normalized spacial score (nSPS) is 20.5. The second-order valence-corrected chi connectivity index (χ2v) is 6.20. The van der Waals surface area contributed by atoms with E-state index in [-0.39, 0.29) is 12.5 Å². The third-order valence-corrected chi connectivity index (χ3v) is 4.40. The molecule has 4 rings (SSSR count). The van der Waals surface area contributed by atoms with Crippen molar-refractivity contribution in [3.63, 3.8) is 0 Å². The van der Waals surface area contributed by atoms with Gasteiger partial charge in [0.05, 0.1) is 6.54 Å². The highest BCUT2D eigenvalue weighted by atomic mass is 16.6. The molecule has 0 spiro atoms. The minimum atomic E-state index is -0.583. The largest absolute Gasteiger partial charge is 0.485 e. The number of piperazine rings is 1. The molecule has 2 aliphatic heterocycles. The van der Waals surface area contributed by atoms with Gasteiger partial charge < -0.3 is 18.9 Å². The summed E-state index contributed by atoms with van der Waals surface area (Å²) in [5.74, 6) is 2.53. The minimum absolute atomic E-state index is 0.0252. The fourth-order valence-electron chi connectivity index (χ4n) is 3.07. The Morgan fingerprint density at radius 2 is 1.96 bits per heavy atom. The summed E-state index contributed by atoms with van der Waals surface area (Å²) < 4.78 is 16.6. The first-order valence-corrected chi connectivity index (χ1v) is 8.38. The van der Waals surface area contributed by atoms with Crippen molar-refractivity contribution in [2.24, 2.45) is 0 Å². The molecular formula is C17H20N4O4. The van der Waals surface area contributed by atoms with Crippen molar-refractivity contribution >= 4 is 5.91 Å². The van der Waals surface area contributed by atoms with Gasteiger partial charge in [0.1, 0.15) is 6.61 Å². The average Bonchev–Trinajstić information content (AvgIpc) is 3.06. The van der Waals surface area contributed by atoms with E-state index in [4.69, 9.17) is 14.0 Å². The van der Waals surface area contributed by atoms with Gasteiger partial charge >= 0.3 is 0 Å². The third-order valence-electron chi connectivity index (χ3n) is 4.40. The van der Waals surface area contributed by atoms with Crippen molar-refractivity contribution in [2.45, 2.75) is 19.6 Å². The lowest BCUT2D eigenvalue weighted by Gasteiger charge is -2.36. The lowest BCUT2D eigenvalue weighted by molar-refractivity contribution is -0.143. The molecule has 0 bridgehead atoms. The molecule has 3 heterocycles. The van der Waals surface area contributed by atoms with Crippen LogP contribution in [0.15, 0.2) is 28.8 Å². The predicted molar refractivity (Wildman–Crippen MR) is 87.2 cm³/mol. The highest BCUT2D eigenvalue weighted by molar-refractivity contribution is 5.82. The summed E-state index contributed by atoms with van der Waals surface area (Å²) in [7, 11) is 0. The lowest BCUT2D eigenvalue weighted by Crippen LogP contribution is -2.53. The Labute approximate surface area is 145 Å². The van der Waals surface area contributed by atoms with Crippen LogP contribution < -0.4 is 9.47 Å². The van der Waals surface area contributed by atoms with E-state index in [9.17, 15) is 4.79 Å². The lowest BCUT2D eigenvalue weighted by atomic mass is 10.2. The van der Waals surface area contributed by atoms with Gasteiger partial charge in [-0.3, -0.25) is 9.69 Å². The Bertz CT molecular complexity index is 755. The summed E-state index contributed by atoms with van der Waals surface area (Å²) in [5, 5.41) is 3.80. The molecule has 1 aromatic heterocycles. The summed E-state index contributed by atoms with van der Waals surface area (Å²) in [5.41, 5.74) is 0. The second-order valence-electron chi connectivity index (χ2n) is 6.20. The molecule has 0 unspecified atom stereocenters. The number of fused-ring (bicyclic) bond motifs is 1. The monoisotopic (exact) mass is 344 g/mol. The molecule has 0 radical (unpaired) electrons. The van der Waals surface area contributed by atoms with Crippen molar-refractivity contribution in [3.05, 3.63) is 36.0 Å². The van der Waals surface area contributed by atoms with E-state index in [1.807, 2.05) is 29.2 Å². The number of aromatic nitrogens is 2. The van der Waals surface area contributed by atoms with Gasteiger partial charge in [0.25, 0.3) is 5.91 Å². The van der Waals surface area contributed by atoms with Crippen LogP contribution in [0.25, 0.3) is 0 Å². The summed E-state index contributed by atoms with van der Waals surface area (Å²) in [6.45, 7) is 5.47. The third kappa shape index (κ3) is 3.43. The van der Waals surface area contributed by atoms with E-state index >= 15 is 0 Å². The molecule has 1 atom stereocenters.